The van der Waals surface area contributed by atoms with Gasteiger partial charge in [0.2, 0.25) is 5.71 Å². The number of fused-ring (bicyclic) bond motifs is 5. The van der Waals surface area contributed by atoms with Gasteiger partial charge in [0.15, 0.2) is 0 Å². The zero-order chi connectivity index (χ0) is 51.3. The molecule has 0 saturated heterocycles. The average molecular weight is 1210 g/mol. The zero-order valence-electron chi connectivity index (χ0n) is 44.9. The van der Waals surface area contributed by atoms with Gasteiger partial charge in [-0.2, -0.15) is 0 Å². The van der Waals surface area contributed by atoms with Crippen molar-refractivity contribution in [1.82, 2.24) is 19.5 Å². The van der Waals surface area contributed by atoms with Crippen LogP contribution in [0.3, 0.4) is 0 Å². The summed E-state index contributed by atoms with van der Waals surface area (Å²) in [5.41, 5.74) is 19.6. The third kappa shape index (κ3) is 10.2. The smallest absolute Gasteiger partial charge is 0.216 e. The van der Waals surface area contributed by atoms with E-state index in [9.17, 15) is 0 Å². The molecule has 11 rings (SSSR count). The topological polar surface area (TPSA) is 56.7 Å². The van der Waals surface area contributed by atoms with E-state index >= 15 is 0 Å². The summed E-state index contributed by atoms with van der Waals surface area (Å²) < 4.78 is 10.7. The van der Waals surface area contributed by atoms with E-state index in [4.69, 9.17) is 19.4 Å². The Bertz CT molecular complexity index is 3790. The molecule has 0 fully saturated rings. The van der Waals surface area contributed by atoms with Gasteiger partial charge in [0, 0.05) is 36.7 Å². The Kier molecular flexibility index (Phi) is 15.2. The van der Waals surface area contributed by atoms with Gasteiger partial charge in [0.25, 0.3) is 0 Å². The van der Waals surface area contributed by atoms with Gasteiger partial charge in [-0.15, -0.1) is 17.7 Å². The fourth-order valence-corrected chi connectivity index (χ4v) is 14.0. The van der Waals surface area contributed by atoms with Crippen molar-refractivity contribution < 1.29 is 24.5 Å². The second-order valence-corrected chi connectivity index (χ2v) is 32.5. The Labute approximate surface area is 454 Å². The van der Waals surface area contributed by atoms with Gasteiger partial charge in [-0.05, 0) is 112 Å². The van der Waals surface area contributed by atoms with Crippen molar-refractivity contribution in [1.29, 1.82) is 0 Å². The van der Waals surface area contributed by atoms with E-state index in [0.717, 1.165) is 73.3 Å². The number of imidazole rings is 1. The SMILES string of the molecule is CC(C)Cc1cc(-c2[c-]cccc2)nc[c]1[Ge]([CH3])([CH3])[CH3].Cc1cccc(C)c1-c1ccc2c(n1)oc1c(-c3nc4ccccc4n3-c3c(C(C)C)cc(-c4ccc5ccccc5c4)cc3C(C)C)[c-]cc(C)c12.[Ir]. The van der Waals surface area contributed by atoms with Crippen LogP contribution in [0.5, 0.6) is 0 Å². The van der Waals surface area contributed by atoms with Gasteiger partial charge in [-0.1, -0.05) is 112 Å². The van der Waals surface area contributed by atoms with Gasteiger partial charge < -0.3 is 8.98 Å². The molecule has 0 bridgehead atoms. The summed E-state index contributed by atoms with van der Waals surface area (Å²) in [7, 11) is 0. The standard InChI is InChI=1S/C49H42N3O.C18H24GeN.Ir/c1-28(2)39-26-36(35-21-20-33-15-8-9-16-34(33)25-35)27-40(29(3)4)46(39)52-43-18-11-10-17-41(43)50-48(52)38-22-19-32(7)45-37-23-24-42(51-49(37)53-47(38)45)44-30(5)13-12-14-31(44)6;1-14(2)11-16-12-18(15-9-7-6-8-10-15)20-13-17(16)19(3,4)5;/h8-21,23-29H,1-7H3;6-9,12-14H,11H2,1-5H3;/q2*-1;. The van der Waals surface area contributed by atoms with E-state index in [2.05, 4.69) is 230 Å². The van der Waals surface area contributed by atoms with Crippen molar-refractivity contribution in [2.24, 2.45) is 5.92 Å². The molecule has 0 N–H and O–H groups in total. The van der Waals surface area contributed by atoms with E-state index in [1.165, 1.54) is 55.4 Å². The monoisotopic (exact) mass is 1210 g/mol. The van der Waals surface area contributed by atoms with Crippen LogP contribution in [0.1, 0.15) is 86.8 Å². The van der Waals surface area contributed by atoms with Gasteiger partial charge in [-0.25, -0.2) is 4.98 Å². The molecule has 0 aliphatic rings. The van der Waals surface area contributed by atoms with Gasteiger partial charge in [0.1, 0.15) is 0 Å². The van der Waals surface area contributed by atoms with Crippen molar-refractivity contribution >= 4 is 61.5 Å². The van der Waals surface area contributed by atoms with E-state index in [0.29, 0.717) is 11.6 Å². The minimum atomic E-state index is -1.86. The van der Waals surface area contributed by atoms with Crippen LogP contribution in [0, 0.1) is 38.8 Å². The number of furan rings is 1. The predicted molar refractivity (Wildman–Crippen MR) is 311 cm³/mol. The predicted octanol–water partition coefficient (Wildman–Crippen LogP) is 17.7. The van der Waals surface area contributed by atoms with Crippen molar-refractivity contribution in [2.45, 2.75) is 97.8 Å². The summed E-state index contributed by atoms with van der Waals surface area (Å²) in [6.45, 7) is 20.1. The van der Waals surface area contributed by atoms with Crippen molar-refractivity contribution in [3.05, 3.63) is 197 Å². The number of aromatic nitrogens is 4. The molecule has 0 spiro atoms. The molecule has 1 radical (unpaired) electrons. The Morgan fingerprint density at radius 2 is 1.32 bits per heavy atom. The number of aryl methyl sites for hydroxylation is 3. The van der Waals surface area contributed by atoms with Crippen molar-refractivity contribution in [3.63, 3.8) is 0 Å². The summed E-state index contributed by atoms with van der Waals surface area (Å²) in [5, 5.41) is 4.54. The summed E-state index contributed by atoms with van der Waals surface area (Å²) in [6.07, 6.45) is 3.27. The summed E-state index contributed by atoms with van der Waals surface area (Å²) >= 11 is -1.86. The molecular weight excluding hydrogens is 1140 g/mol. The van der Waals surface area contributed by atoms with Crippen LogP contribution in [-0.2, 0) is 26.5 Å². The van der Waals surface area contributed by atoms with Crippen LogP contribution in [0.2, 0.25) is 17.3 Å². The molecule has 0 aliphatic carbocycles. The molecular formula is C67H66GeIrN4O-2. The minimum absolute atomic E-state index is 0. The van der Waals surface area contributed by atoms with Crippen molar-refractivity contribution in [3.8, 4) is 50.7 Å². The molecule has 0 amide bonds. The minimum Gasteiger partial charge on any atom is -0.486 e. The Morgan fingerprint density at radius 3 is 2.00 bits per heavy atom. The van der Waals surface area contributed by atoms with Crippen LogP contribution in [0.15, 0.2) is 156 Å². The first-order valence-corrected chi connectivity index (χ1v) is 33.3. The molecule has 74 heavy (non-hydrogen) atoms. The van der Waals surface area contributed by atoms with Gasteiger partial charge in [-0.3, -0.25) is 4.98 Å². The quantitative estimate of drug-likeness (QED) is 0.101. The maximum atomic E-state index is 6.82. The van der Waals surface area contributed by atoms with E-state index in [-0.39, 0.29) is 31.9 Å². The Hall–Kier alpha value is -6.44. The fourth-order valence-electron chi connectivity index (χ4n) is 10.6. The number of hydrogen-bond donors (Lipinski definition) is 0. The van der Waals surface area contributed by atoms with Crippen LogP contribution in [-0.4, -0.2) is 32.8 Å². The molecule has 375 valence electrons. The molecule has 0 saturated carbocycles. The van der Waals surface area contributed by atoms with Gasteiger partial charge in [0.05, 0.1) is 28.1 Å². The van der Waals surface area contributed by atoms with E-state index < -0.39 is 13.3 Å². The third-order valence-electron chi connectivity index (χ3n) is 14.3. The molecule has 7 heteroatoms. The summed E-state index contributed by atoms with van der Waals surface area (Å²) in [4.78, 5) is 15.2. The number of nitrogens with zero attached hydrogens (tertiary/aromatic N) is 4. The first-order valence-electron chi connectivity index (χ1n) is 26.0. The molecule has 5 nitrogen and oxygen atoms in total. The summed E-state index contributed by atoms with van der Waals surface area (Å²) in [5.74, 6) is 9.30. The zero-order valence-corrected chi connectivity index (χ0v) is 49.4. The number of rotatable bonds is 10. The molecule has 11 aromatic rings. The largest absolute Gasteiger partial charge is 0.486 e. The van der Waals surface area contributed by atoms with E-state index in [1.807, 2.05) is 18.2 Å². The Balaban J connectivity index is 0.000000270. The third-order valence-corrected chi connectivity index (χ3v) is 18.6. The molecule has 0 unspecified atom stereocenters. The number of hydrogen-bond acceptors (Lipinski definition) is 4. The van der Waals surface area contributed by atoms with Crippen LogP contribution >= 0.6 is 0 Å². The maximum absolute atomic E-state index is 6.82. The molecule has 4 aromatic heterocycles. The second kappa shape index (κ2) is 21.4. The van der Waals surface area contributed by atoms with Gasteiger partial charge >= 0.3 is 126 Å². The van der Waals surface area contributed by atoms with Crippen LogP contribution < -0.4 is 4.40 Å². The normalized spacial score (nSPS) is 11.8. The number of para-hydroxylation sites is 2. The second-order valence-electron chi connectivity index (χ2n) is 22.0. The number of pyridine rings is 2. The summed E-state index contributed by atoms with van der Waals surface area (Å²) in [6, 6.07) is 58.6. The molecule has 4 heterocycles. The molecule has 0 atom stereocenters. The van der Waals surface area contributed by atoms with Crippen molar-refractivity contribution in [2.75, 3.05) is 0 Å². The first kappa shape index (κ1) is 52.4. The first-order chi connectivity index (χ1) is 35.0. The van der Waals surface area contributed by atoms with Crippen LogP contribution in [0.25, 0.3) is 94.6 Å². The molecule has 7 aromatic carbocycles. The van der Waals surface area contributed by atoms with Crippen LogP contribution in [0.4, 0.5) is 0 Å². The molecule has 0 aliphatic heterocycles. The maximum Gasteiger partial charge on any atom is 0.216 e. The average Bonchev–Trinajstić information content (AvgIpc) is 3.96. The fraction of sp³-hybridized carbons (Fsp3) is 0.239. The number of benzene rings is 7. The van der Waals surface area contributed by atoms with E-state index in [1.54, 1.807) is 4.40 Å². The Morgan fingerprint density at radius 1 is 0.635 bits per heavy atom.